The van der Waals surface area contributed by atoms with Gasteiger partial charge in [-0.3, -0.25) is 4.57 Å². The molecule has 0 bridgehead atoms. The molecule has 4 aromatic rings. The average molecular weight is 374 g/mol. The van der Waals surface area contributed by atoms with Gasteiger partial charge in [0.25, 0.3) is 0 Å². The number of imidazole rings is 1. The number of hydrogen-bond acceptors (Lipinski definition) is 7. The molecule has 0 fully saturated rings. The Morgan fingerprint density at radius 1 is 1.21 bits per heavy atom. The highest BCUT2D eigenvalue weighted by Crippen LogP contribution is 2.28. The molecule has 3 aromatic heterocycles. The number of nitrogens with zero attached hydrogens (tertiary/aromatic N) is 6. The van der Waals surface area contributed by atoms with Crippen molar-refractivity contribution in [2.45, 2.75) is 13.0 Å². The molecule has 1 atom stereocenters. The molecule has 28 heavy (non-hydrogen) atoms. The minimum atomic E-state index is -0.390. The predicted molar refractivity (Wildman–Crippen MR) is 102 cm³/mol. The van der Waals surface area contributed by atoms with Crippen LogP contribution in [0.1, 0.15) is 24.4 Å². The summed E-state index contributed by atoms with van der Waals surface area (Å²) in [5, 5.41) is 12.5. The molecule has 0 radical (unpaired) electrons. The van der Waals surface area contributed by atoms with E-state index >= 15 is 0 Å². The molecule has 0 aliphatic heterocycles. The fraction of sp³-hybridized carbons (Fsp3) is 0.105. The van der Waals surface area contributed by atoms with Crippen molar-refractivity contribution in [3.05, 3.63) is 66.1 Å². The zero-order chi connectivity index (χ0) is 19.7. The summed E-state index contributed by atoms with van der Waals surface area (Å²) in [6.07, 6.45) is 2.95. The quantitative estimate of drug-likeness (QED) is 0.564. The van der Waals surface area contributed by atoms with Crippen molar-refractivity contribution in [2.75, 3.05) is 11.1 Å². The largest absolute Gasteiger partial charge is 0.382 e. The van der Waals surface area contributed by atoms with Crippen LogP contribution >= 0.6 is 0 Å². The van der Waals surface area contributed by atoms with Crippen LogP contribution in [0.15, 0.2) is 48.9 Å². The summed E-state index contributed by atoms with van der Waals surface area (Å²) in [5.41, 5.74) is 7.12. The van der Waals surface area contributed by atoms with Crippen molar-refractivity contribution in [1.29, 1.82) is 5.26 Å². The molecule has 3 N–H and O–H groups in total. The third-order valence-electron chi connectivity index (χ3n) is 4.25. The van der Waals surface area contributed by atoms with Crippen LogP contribution in [0.5, 0.6) is 0 Å². The van der Waals surface area contributed by atoms with Crippen molar-refractivity contribution in [3.8, 4) is 11.9 Å². The highest BCUT2D eigenvalue weighted by Gasteiger charge is 2.21. The minimum absolute atomic E-state index is 0.0903. The fourth-order valence-corrected chi connectivity index (χ4v) is 2.98. The van der Waals surface area contributed by atoms with Crippen molar-refractivity contribution >= 4 is 22.7 Å². The molecule has 3 heterocycles. The van der Waals surface area contributed by atoms with Crippen LogP contribution in [0, 0.1) is 17.1 Å². The molecule has 9 heteroatoms. The number of fused-ring (bicyclic) bond motifs is 1. The number of aromatic nitrogens is 5. The zero-order valence-corrected chi connectivity index (χ0v) is 14.8. The van der Waals surface area contributed by atoms with Gasteiger partial charge in [-0.05, 0) is 31.2 Å². The van der Waals surface area contributed by atoms with E-state index in [4.69, 9.17) is 5.73 Å². The highest BCUT2D eigenvalue weighted by molar-refractivity contribution is 5.78. The van der Waals surface area contributed by atoms with Gasteiger partial charge in [-0.15, -0.1) is 0 Å². The van der Waals surface area contributed by atoms with Gasteiger partial charge in [-0.1, -0.05) is 6.07 Å². The number of nitriles is 1. The highest BCUT2D eigenvalue weighted by atomic mass is 19.1. The smallest absolute Gasteiger partial charge is 0.150 e. The van der Waals surface area contributed by atoms with Gasteiger partial charge in [0.1, 0.15) is 47.1 Å². The van der Waals surface area contributed by atoms with Gasteiger partial charge in [-0.2, -0.15) is 5.26 Å². The van der Waals surface area contributed by atoms with Gasteiger partial charge in [0.15, 0.2) is 0 Å². The minimum Gasteiger partial charge on any atom is -0.382 e. The number of pyridine rings is 1. The van der Waals surface area contributed by atoms with E-state index in [1.165, 1.54) is 18.5 Å². The van der Waals surface area contributed by atoms with E-state index in [-0.39, 0.29) is 23.2 Å². The fourth-order valence-electron chi connectivity index (χ4n) is 2.98. The molecule has 0 saturated heterocycles. The number of nitrogen functional groups attached to an aromatic ring is 1. The van der Waals surface area contributed by atoms with Crippen LogP contribution < -0.4 is 11.1 Å². The molecule has 0 amide bonds. The normalized spacial score (nSPS) is 11.9. The van der Waals surface area contributed by atoms with Crippen molar-refractivity contribution in [1.82, 2.24) is 24.5 Å². The molecule has 0 aliphatic carbocycles. The Balaban J connectivity index is 1.84. The molecule has 4 rings (SSSR count). The molecule has 0 spiro atoms. The number of rotatable bonds is 4. The van der Waals surface area contributed by atoms with Crippen molar-refractivity contribution in [3.63, 3.8) is 0 Å². The number of nitrogens with one attached hydrogen (secondary N) is 1. The molecular weight excluding hydrogens is 359 g/mol. The van der Waals surface area contributed by atoms with Crippen molar-refractivity contribution < 1.29 is 4.39 Å². The Morgan fingerprint density at radius 3 is 2.82 bits per heavy atom. The topological polar surface area (TPSA) is 118 Å². The van der Waals surface area contributed by atoms with Crippen LogP contribution in [0.2, 0.25) is 0 Å². The monoisotopic (exact) mass is 374 g/mol. The number of benzene rings is 1. The maximum absolute atomic E-state index is 13.7. The number of anilines is 2. The third-order valence-corrected chi connectivity index (χ3v) is 4.25. The average Bonchev–Trinajstić information content (AvgIpc) is 3.07. The van der Waals surface area contributed by atoms with E-state index in [1.54, 1.807) is 12.3 Å². The molecule has 0 saturated carbocycles. The molecule has 0 unspecified atom stereocenters. The Kier molecular flexibility index (Phi) is 4.29. The van der Waals surface area contributed by atoms with Gasteiger partial charge in [0, 0.05) is 12.3 Å². The van der Waals surface area contributed by atoms with Crippen molar-refractivity contribution in [2.24, 2.45) is 0 Å². The maximum atomic E-state index is 13.7. The Morgan fingerprint density at radius 2 is 2.07 bits per heavy atom. The van der Waals surface area contributed by atoms with Crippen LogP contribution in [-0.4, -0.2) is 24.5 Å². The second-order valence-corrected chi connectivity index (χ2v) is 6.09. The molecule has 138 valence electrons. The number of nitrogens with two attached hydrogens (primary N) is 1. The van der Waals surface area contributed by atoms with Gasteiger partial charge in [0.05, 0.1) is 17.1 Å². The van der Waals surface area contributed by atoms with Gasteiger partial charge in [0.2, 0.25) is 0 Å². The van der Waals surface area contributed by atoms with E-state index < -0.39 is 0 Å². The molecule has 1 aromatic carbocycles. The zero-order valence-electron chi connectivity index (χ0n) is 14.8. The van der Waals surface area contributed by atoms with Crippen LogP contribution in [0.3, 0.4) is 0 Å². The van der Waals surface area contributed by atoms with Crippen LogP contribution in [0.25, 0.3) is 16.9 Å². The summed E-state index contributed by atoms with van der Waals surface area (Å²) in [6.45, 7) is 1.86. The van der Waals surface area contributed by atoms with E-state index in [0.717, 1.165) is 0 Å². The lowest BCUT2D eigenvalue weighted by atomic mass is 10.2. The van der Waals surface area contributed by atoms with E-state index in [1.807, 2.05) is 35.8 Å². The standard InChI is InChI=1S/C19H15FN8/c1-11(26-18-13(9-21)17(22)24-10-25-18)19-27-14-8-12(20)5-6-15(14)28(19)16-4-2-3-7-23-16/h2-8,10-11H,1H3,(H3,22,24,25,26)/t11-/m0/s1. The summed E-state index contributed by atoms with van der Waals surface area (Å²) in [4.78, 5) is 16.9. The van der Waals surface area contributed by atoms with E-state index in [0.29, 0.717) is 28.5 Å². The summed E-state index contributed by atoms with van der Waals surface area (Å²) >= 11 is 0. The van der Waals surface area contributed by atoms with E-state index in [9.17, 15) is 9.65 Å². The second kappa shape index (κ2) is 6.92. The first-order chi connectivity index (χ1) is 13.6. The lowest BCUT2D eigenvalue weighted by molar-refractivity contribution is 0.629. The Hall–Kier alpha value is -4.06. The first-order valence-corrected chi connectivity index (χ1v) is 8.45. The second-order valence-electron chi connectivity index (χ2n) is 6.09. The summed E-state index contributed by atoms with van der Waals surface area (Å²) in [5.74, 6) is 1.24. The first kappa shape index (κ1) is 17.4. The van der Waals surface area contributed by atoms with E-state index in [2.05, 4.69) is 25.3 Å². The Labute approximate surface area is 159 Å². The van der Waals surface area contributed by atoms with Crippen LogP contribution in [0.4, 0.5) is 16.0 Å². The third kappa shape index (κ3) is 2.97. The number of hydrogen-bond donors (Lipinski definition) is 2. The lowest BCUT2D eigenvalue weighted by Crippen LogP contribution is -2.16. The summed E-state index contributed by atoms with van der Waals surface area (Å²) < 4.78 is 15.6. The lowest BCUT2D eigenvalue weighted by Gasteiger charge is -2.17. The molecule has 8 nitrogen and oxygen atoms in total. The van der Waals surface area contributed by atoms with Crippen LogP contribution in [-0.2, 0) is 0 Å². The van der Waals surface area contributed by atoms with Gasteiger partial charge in [-0.25, -0.2) is 24.3 Å². The summed E-state index contributed by atoms with van der Waals surface area (Å²) in [7, 11) is 0. The molecular formula is C19H15FN8. The first-order valence-electron chi connectivity index (χ1n) is 8.45. The Bertz CT molecular complexity index is 1200. The number of halogens is 1. The molecule has 0 aliphatic rings. The van der Waals surface area contributed by atoms with Gasteiger partial charge >= 0.3 is 0 Å². The maximum Gasteiger partial charge on any atom is 0.150 e. The SMILES string of the molecule is C[C@H](Nc1ncnc(N)c1C#N)c1nc2cc(F)ccc2n1-c1ccccn1. The summed E-state index contributed by atoms with van der Waals surface area (Å²) in [6, 6.07) is 11.5. The van der Waals surface area contributed by atoms with Gasteiger partial charge < -0.3 is 11.1 Å². The predicted octanol–water partition coefficient (Wildman–Crippen LogP) is 2.98.